The molecule has 1 N–H and O–H groups in total. The number of ether oxygens (including phenoxy) is 2. The molecule has 3 aromatic carbocycles. The molecule has 4 rings (SSSR count). The number of carbonyl (C=O) groups is 1. The first-order valence-electron chi connectivity index (χ1n) is 10.8. The second-order valence-corrected chi connectivity index (χ2v) is 7.48. The predicted octanol–water partition coefficient (Wildman–Crippen LogP) is 5.54. The number of amides is 1. The molecular weight excluding hydrogens is 428 g/mol. The van der Waals surface area contributed by atoms with Gasteiger partial charge in [-0.1, -0.05) is 42.2 Å². The zero-order valence-corrected chi connectivity index (χ0v) is 19.0. The smallest absolute Gasteiger partial charge is 0.412 e. The molecular formula is C28H24N2O4. The van der Waals surface area contributed by atoms with Crippen molar-refractivity contribution in [1.82, 2.24) is 10.3 Å². The molecule has 0 fully saturated rings. The molecule has 0 saturated heterocycles. The van der Waals surface area contributed by atoms with Crippen LogP contribution in [0.1, 0.15) is 22.6 Å². The van der Waals surface area contributed by atoms with Gasteiger partial charge in [0.1, 0.15) is 17.3 Å². The fourth-order valence-corrected chi connectivity index (χ4v) is 3.19. The first kappa shape index (κ1) is 22.7. The minimum Gasteiger partial charge on any atom is -0.497 e. The summed E-state index contributed by atoms with van der Waals surface area (Å²) in [4.78, 5) is 16.6. The van der Waals surface area contributed by atoms with Crippen LogP contribution in [-0.4, -0.2) is 18.2 Å². The lowest BCUT2D eigenvalue weighted by Gasteiger charge is -2.07. The van der Waals surface area contributed by atoms with Crippen LogP contribution in [0.15, 0.2) is 83.3 Å². The first-order chi connectivity index (χ1) is 16.6. The van der Waals surface area contributed by atoms with Crippen LogP contribution in [0, 0.1) is 18.8 Å². The molecule has 34 heavy (non-hydrogen) atoms. The van der Waals surface area contributed by atoms with E-state index in [0.29, 0.717) is 30.4 Å². The number of rotatable bonds is 6. The minimum absolute atomic E-state index is 0.350. The highest BCUT2D eigenvalue weighted by atomic mass is 16.6. The van der Waals surface area contributed by atoms with Crippen LogP contribution < -0.4 is 14.8 Å². The minimum atomic E-state index is -0.521. The lowest BCUT2D eigenvalue weighted by atomic mass is 10.1. The second kappa shape index (κ2) is 10.9. The lowest BCUT2D eigenvalue weighted by molar-refractivity contribution is 0.200. The van der Waals surface area contributed by atoms with Crippen LogP contribution in [0.5, 0.6) is 11.5 Å². The van der Waals surface area contributed by atoms with Crippen molar-refractivity contribution in [2.75, 3.05) is 7.11 Å². The van der Waals surface area contributed by atoms with Crippen molar-refractivity contribution in [1.29, 1.82) is 0 Å². The van der Waals surface area contributed by atoms with E-state index in [1.165, 1.54) is 0 Å². The topological polar surface area (TPSA) is 73.6 Å². The standard InChI is InChI=1S/C28H24N2O4/c1-20-26(30-27(33-20)23-8-4-3-5-9-23)10-6-7-21-11-13-22(14-12-21)19-29-28(31)34-25-17-15-24(32-2)16-18-25/h3-5,8-9,11-18H,10,19H2,1-2H3,(H,29,31). The average Bonchev–Trinajstić information content (AvgIpc) is 3.25. The van der Waals surface area contributed by atoms with Crippen molar-refractivity contribution in [3.05, 3.63) is 101 Å². The Balaban J connectivity index is 1.28. The van der Waals surface area contributed by atoms with E-state index in [2.05, 4.69) is 22.1 Å². The van der Waals surface area contributed by atoms with Gasteiger partial charge in [0.05, 0.1) is 19.2 Å². The van der Waals surface area contributed by atoms with Gasteiger partial charge in [0.2, 0.25) is 5.89 Å². The zero-order valence-electron chi connectivity index (χ0n) is 19.0. The molecule has 6 heteroatoms. The highest BCUT2D eigenvalue weighted by Gasteiger charge is 2.10. The van der Waals surface area contributed by atoms with Crippen molar-refractivity contribution in [3.63, 3.8) is 0 Å². The van der Waals surface area contributed by atoms with E-state index >= 15 is 0 Å². The van der Waals surface area contributed by atoms with E-state index < -0.39 is 6.09 Å². The molecule has 1 heterocycles. The molecule has 0 aliphatic heterocycles. The monoisotopic (exact) mass is 452 g/mol. The number of oxazole rings is 1. The van der Waals surface area contributed by atoms with Crippen molar-refractivity contribution in [2.45, 2.75) is 19.9 Å². The van der Waals surface area contributed by atoms with Gasteiger partial charge < -0.3 is 19.2 Å². The van der Waals surface area contributed by atoms with Gasteiger partial charge in [0.15, 0.2) is 0 Å². The molecule has 0 spiro atoms. The van der Waals surface area contributed by atoms with Gasteiger partial charge in [-0.15, -0.1) is 0 Å². The van der Waals surface area contributed by atoms with Crippen LogP contribution >= 0.6 is 0 Å². The highest BCUT2D eigenvalue weighted by Crippen LogP contribution is 2.21. The van der Waals surface area contributed by atoms with Crippen LogP contribution in [0.2, 0.25) is 0 Å². The fraction of sp³-hybridized carbons (Fsp3) is 0.143. The first-order valence-corrected chi connectivity index (χ1v) is 10.8. The number of carbonyl (C=O) groups excluding carboxylic acids is 1. The Bertz CT molecular complexity index is 1300. The second-order valence-electron chi connectivity index (χ2n) is 7.48. The number of aryl methyl sites for hydroxylation is 1. The quantitative estimate of drug-likeness (QED) is 0.389. The van der Waals surface area contributed by atoms with Gasteiger partial charge in [0, 0.05) is 17.7 Å². The van der Waals surface area contributed by atoms with Gasteiger partial charge in [-0.25, -0.2) is 9.78 Å². The third-order valence-electron chi connectivity index (χ3n) is 5.06. The maximum Gasteiger partial charge on any atom is 0.412 e. The van der Waals surface area contributed by atoms with Crippen molar-refractivity contribution in [3.8, 4) is 34.8 Å². The number of aromatic nitrogens is 1. The normalized spacial score (nSPS) is 10.2. The van der Waals surface area contributed by atoms with Crippen molar-refractivity contribution in [2.24, 2.45) is 0 Å². The molecule has 170 valence electrons. The average molecular weight is 453 g/mol. The highest BCUT2D eigenvalue weighted by molar-refractivity contribution is 5.70. The Morgan fingerprint density at radius 3 is 2.38 bits per heavy atom. The van der Waals surface area contributed by atoms with Crippen LogP contribution in [0.4, 0.5) is 4.79 Å². The van der Waals surface area contributed by atoms with E-state index in [4.69, 9.17) is 13.9 Å². The Kier molecular flexibility index (Phi) is 7.26. The summed E-state index contributed by atoms with van der Waals surface area (Å²) in [5, 5.41) is 2.74. The lowest BCUT2D eigenvalue weighted by Crippen LogP contribution is -2.26. The number of benzene rings is 3. The van der Waals surface area contributed by atoms with E-state index in [9.17, 15) is 4.79 Å². The summed E-state index contributed by atoms with van der Waals surface area (Å²) in [5.41, 5.74) is 3.61. The van der Waals surface area contributed by atoms with Crippen molar-refractivity contribution >= 4 is 6.09 Å². The SMILES string of the molecule is COc1ccc(OC(=O)NCc2ccc(C#CCc3nc(-c4ccccc4)oc3C)cc2)cc1. The van der Waals surface area contributed by atoms with Gasteiger partial charge in [-0.2, -0.15) is 0 Å². The van der Waals surface area contributed by atoms with Crippen LogP contribution in [0.3, 0.4) is 0 Å². The summed E-state index contributed by atoms with van der Waals surface area (Å²) in [7, 11) is 1.58. The molecule has 0 aliphatic carbocycles. The summed E-state index contributed by atoms with van der Waals surface area (Å²) >= 11 is 0. The molecule has 0 bridgehead atoms. The predicted molar refractivity (Wildman–Crippen MR) is 130 cm³/mol. The number of nitrogens with zero attached hydrogens (tertiary/aromatic N) is 1. The number of hydrogen-bond acceptors (Lipinski definition) is 5. The summed E-state index contributed by atoms with van der Waals surface area (Å²) in [5.74, 6) is 8.83. The molecule has 0 unspecified atom stereocenters. The largest absolute Gasteiger partial charge is 0.497 e. The zero-order chi connectivity index (χ0) is 23.8. The molecule has 0 saturated carbocycles. The summed E-state index contributed by atoms with van der Waals surface area (Å²) in [6.07, 6.45) is -0.0187. The Morgan fingerprint density at radius 1 is 0.971 bits per heavy atom. The molecule has 6 nitrogen and oxygen atoms in total. The van der Waals surface area contributed by atoms with Crippen LogP contribution in [-0.2, 0) is 13.0 Å². The third-order valence-corrected chi connectivity index (χ3v) is 5.06. The van der Waals surface area contributed by atoms with Crippen LogP contribution in [0.25, 0.3) is 11.5 Å². The summed E-state index contributed by atoms with van der Waals surface area (Å²) in [6.45, 7) is 2.25. The number of nitrogens with one attached hydrogen (secondary N) is 1. The van der Waals surface area contributed by atoms with Gasteiger partial charge in [-0.3, -0.25) is 0 Å². The Hall–Kier alpha value is -4.50. The summed E-state index contributed by atoms with van der Waals surface area (Å²) < 4.78 is 16.1. The van der Waals surface area contributed by atoms with E-state index in [1.807, 2.05) is 61.5 Å². The molecule has 0 aliphatic rings. The van der Waals surface area contributed by atoms with E-state index in [1.54, 1.807) is 31.4 Å². The number of methoxy groups -OCH3 is 1. The third kappa shape index (κ3) is 6.05. The van der Waals surface area contributed by atoms with Gasteiger partial charge in [0.25, 0.3) is 0 Å². The summed E-state index contributed by atoms with van der Waals surface area (Å²) in [6, 6.07) is 24.3. The van der Waals surface area contributed by atoms with E-state index in [-0.39, 0.29) is 0 Å². The van der Waals surface area contributed by atoms with Gasteiger partial charge >= 0.3 is 6.09 Å². The van der Waals surface area contributed by atoms with E-state index in [0.717, 1.165) is 28.1 Å². The fourth-order valence-electron chi connectivity index (χ4n) is 3.19. The molecule has 0 atom stereocenters. The molecule has 4 aromatic rings. The Labute approximate surface area is 198 Å². The van der Waals surface area contributed by atoms with Gasteiger partial charge in [-0.05, 0) is 61.0 Å². The maximum atomic E-state index is 12.0. The Morgan fingerprint density at radius 2 is 1.68 bits per heavy atom. The van der Waals surface area contributed by atoms with Crippen molar-refractivity contribution < 1.29 is 18.7 Å². The number of hydrogen-bond donors (Lipinski definition) is 1. The molecule has 1 amide bonds. The maximum absolute atomic E-state index is 12.0. The molecule has 1 aromatic heterocycles. The molecule has 0 radical (unpaired) electrons.